The quantitative estimate of drug-likeness (QED) is 0.602. The van der Waals surface area contributed by atoms with Crippen LogP contribution in [-0.2, 0) is 6.42 Å². The number of carbonyl (C=O) groups is 1. The summed E-state index contributed by atoms with van der Waals surface area (Å²) in [5.74, 6) is -0.0890. The molecular weight excluding hydrogens is 382 g/mol. The Labute approximate surface area is 174 Å². The van der Waals surface area contributed by atoms with Crippen molar-refractivity contribution in [1.29, 1.82) is 0 Å². The van der Waals surface area contributed by atoms with Crippen molar-refractivity contribution in [1.82, 2.24) is 15.3 Å². The van der Waals surface area contributed by atoms with E-state index in [4.69, 9.17) is 4.74 Å². The third-order valence-electron chi connectivity index (χ3n) is 5.62. The molecule has 0 bridgehead atoms. The molecule has 0 unspecified atom stereocenters. The lowest BCUT2D eigenvalue weighted by Crippen LogP contribution is -2.38. The fourth-order valence-corrected chi connectivity index (χ4v) is 3.96. The number of carbonyl (C=O) groups excluding carboxylic acids is 1. The Hall–Kier alpha value is -3.35. The van der Waals surface area contributed by atoms with Crippen molar-refractivity contribution in [2.75, 3.05) is 7.11 Å². The van der Waals surface area contributed by atoms with Crippen molar-refractivity contribution in [3.8, 4) is 11.5 Å². The number of nitrogens with zero attached hydrogens (tertiary/aromatic N) is 1. The monoisotopic (exact) mass is 407 g/mol. The number of rotatable bonds is 5. The molecule has 1 fully saturated rings. The summed E-state index contributed by atoms with van der Waals surface area (Å²) in [5.41, 5.74) is 1.15. The first kappa shape index (κ1) is 19.9. The van der Waals surface area contributed by atoms with E-state index in [-0.39, 0.29) is 23.0 Å². The Bertz CT molecular complexity index is 1120. The molecule has 3 N–H and O–H groups in total. The summed E-state index contributed by atoms with van der Waals surface area (Å²) < 4.78 is 5.17. The molecule has 4 rings (SSSR count). The Morgan fingerprint density at radius 2 is 1.90 bits per heavy atom. The largest absolute Gasteiger partial charge is 0.506 e. The minimum atomic E-state index is -0.637. The topological polar surface area (TPSA) is 104 Å². The number of aromatic nitrogens is 2. The molecule has 2 heterocycles. The van der Waals surface area contributed by atoms with Gasteiger partial charge in [-0.05, 0) is 42.7 Å². The summed E-state index contributed by atoms with van der Waals surface area (Å²) in [5, 5.41) is 13.9. The van der Waals surface area contributed by atoms with Crippen molar-refractivity contribution in [3.05, 3.63) is 63.6 Å². The van der Waals surface area contributed by atoms with Crippen LogP contribution in [0.3, 0.4) is 0 Å². The standard InChI is InChI=1S/C23H25N3O4/c1-30-17-10-7-14(8-11-17)13-16-9-12-18-20(27)19(23(29)26-21(18)24-16)22(28)25-15-5-3-2-4-6-15/h7-12,15H,2-6,13H2,1H3,(H,25,28)(H2,24,26,27,29). The van der Waals surface area contributed by atoms with Crippen molar-refractivity contribution in [2.24, 2.45) is 0 Å². The van der Waals surface area contributed by atoms with Gasteiger partial charge in [0.2, 0.25) is 0 Å². The number of hydrogen-bond acceptors (Lipinski definition) is 5. The van der Waals surface area contributed by atoms with E-state index in [9.17, 15) is 14.7 Å². The van der Waals surface area contributed by atoms with E-state index < -0.39 is 11.5 Å². The molecule has 0 saturated heterocycles. The van der Waals surface area contributed by atoms with Crippen LogP contribution in [0.1, 0.15) is 53.7 Å². The van der Waals surface area contributed by atoms with Crippen LogP contribution < -0.4 is 15.6 Å². The van der Waals surface area contributed by atoms with E-state index in [1.165, 1.54) is 6.42 Å². The first-order valence-corrected chi connectivity index (χ1v) is 10.2. The lowest BCUT2D eigenvalue weighted by atomic mass is 9.95. The molecule has 7 heteroatoms. The predicted molar refractivity (Wildman–Crippen MR) is 114 cm³/mol. The number of ether oxygens (including phenoxy) is 1. The highest BCUT2D eigenvalue weighted by atomic mass is 16.5. The van der Waals surface area contributed by atoms with Crippen LogP contribution in [0.5, 0.6) is 11.5 Å². The maximum Gasteiger partial charge on any atom is 0.266 e. The number of aromatic hydroxyl groups is 1. The van der Waals surface area contributed by atoms with Crippen molar-refractivity contribution in [2.45, 2.75) is 44.6 Å². The Kier molecular flexibility index (Phi) is 5.70. The molecule has 2 aromatic heterocycles. The summed E-state index contributed by atoms with van der Waals surface area (Å²) in [6.45, 7) is 0. The van der Waals surface area contributed by atoms with Crippen LogP contribution >= 0.6 is 0 Å². The highest BCUT2D eigenvalue weighted by Crippen LogP contribution is 2.25. The van der Waals surface area contributed by atoms with Gasteiger partial charge in [-0.25, -0.2) is 4.98 Å². The van der Waals surface area contributed by atoms with Crippen molar-refractivity contribution >= 4 is 16.9 Å². The van der Waals surface area contributed by atoms with Gasteiger partial charge in [0.1, 0.15) is 22.7 Å². The van der Waals surface area contributed by atoms with Gasteiger partial charge in [-0.15, -0.1) is 0 Å². The van der Waals surface area contributed by atoms with E-state index in [1.807, 2.05) is 24.3 Å². The minimum absolute atomic E-state index is 0.0470. The predicted octanol–water partition coefficient (Wildman–Crippen LogP) is 3.29. The van der Waals surface area contributed by atoms with E-state index in [2.05, 4.69) is 15.3 Å². The Morgan fingerprint density at radius 1 is 1.17 bits per heavy atom. The lowest BCUT2D eigenvalue weighted by Gasteiger charge is -2.22. The van der Waals surface area contributed by atoms with Gasteiger partial charge in [-0.2, -0.15) is 0 Å². The highest BCUT2D eigenvalue weighted by Gasteiger charge is 2.23. The Morgan fingerprint density at radius 3 is 2.60 bits per heavy atom. The van der Waals surface area contributed by atoms with Gasteiger partial charge in [-0.1, -0.05) is 31.4 Å². The van der Waals surface area contributed by atoms with E-state index in [1.54, 1.807) is 19.2 Å². The molecule has 156 valence electrons. The molecule has 1 aliphatic carbocycles. The SMILES string of the molecule is COc1ccc(Cc2ccc3c(O)c(C(=O)NC4CCCCC4)c(=O)[nH]c3n2)cc1. The van der Waals surface area contributed by atoms with Gasteiger partial charge in [0.15, 0.2) is 0 Å². The first-order chi connectivity index (χ1) is 14.5. The number of nitrogens with one attached hydrogen (secondary N) is 2. The molecule has 1 amide bonds. The molecule has 1 aliphatic rings. The number of amides is 1. The highest BCUT2D eigenvalue weighted by molar-refractivity contribution is 6.01. The fourth-order valence-electron chi connectivity index (χ4n) is 3.96. The minimum Gasteiger partial charge on any atom is -0.506 e. The number of fused-ring (bicyclic) bond motifs is 1. The smallest absolute Gasteiger partial charge is 0.266 e. The van der Waals surface area contributed by atoms with Gasteiger partial charge in [-0.3, -0.25) is 9.59 Å². The molecule has 3 aromatic rings. The maximum absolute atomic E-state index is 12.6. The molecule has 30 heavy (non-hydrogen) atoms. The molecule has 7 nitrogen and oxygen atoms in total. The van der Waals surface area contributed by atoms with Gasteiger partial charge < -0.3 is 20.1 Å². The summed E-state index contributed by atoms with van der Waals surface area (Å²) in [7, 11) is 1.62. The van der Waals surface area contributed by atoms with Crippen LogP contribution in [0, 0.1) is 0 Å². The van der Waals surface area contributed by atoms with Crippen LogP contribution in [0.4, 0.5) is 0 Å². The molecule has 0 radical (unpaired) electrons. The van der Waals surface area contributed by atoms with Crippen LogP contribution in [0.2, 0.25) is 0 Å². The third-order valence-corrected chi connectivity index (χ3v) is 5.62. The van der Waals surface area contributed by atoms with Crippen LogP contribution in [0.25, 0.3) is 11.0 Å². The van der Waals surface area contributed by atoms with E-state index >= 15 is 0 Å². The molecular formula is C23H25N3O4. The molecule has 1 saturated carbocycles. The number of benzene rings is 1. The average molecular weight is 407 g/mol. The van der Waals surface area contributed by atoms with Crippen molar-refractivity contribution in [3.63, 3.8) is 0 Å². The number of H-pyrrole nitrogens is 1. The second-order valence-electron chi connectivity index (χ2n) is 7.71. The van der Waals surface area contributed by atoms with Crippen LogP contribution in [-0.4, -0.2) is 34.1 Å². The second kappa shape index (κ2) is 8.57. The molecule has 1 aromatic carbocycles. The van der Waals surface area contributed by atoms with Gasteiger partial charge in [0.25, 0.3) is 11.5 Å². The van der Waals surface area contributed by atoms with Gasteiger partial charge in [0.05, 0.1) is 12.5 Å². The normalized spacial score (nSPS) is 14.6. The maximum atomic E-state index is 12.6. The van der Waals surface area contributed by atoms with Gasteiger partial charge >= 0.3 is 0 Å². The molecule has 0 atom stereocenters. The number of aromatic amines is 1. The van der Waals surface area contributed by atoms with Crippen LogP contribution in [0.15, 0.2) is 41.2 Å². The summed E-state index contributed by atoms with van der Waals surface area (Å²) in [6, 6.07) is 11.2. The first-order valence-electron chi connectivity index (χ1n) is 10.2. The fraction of sp³-hybridized carbons (Fsp3) is 0.348. The lowest BCUT2D eigenvalue weighted by molar-refractivity contribution is 0.0923. The second-order valence-corrected chi connectivity index (χ2v) is 7.71. The number of pyridine rings is 2. The summed E-state index contributed by atoms with van der Waals surface area (Å²) >= 11 is 0. The average Bonchev–Trinajstić information content (AvgIpc) is 2.75. The zero-order chi connectivity index (χ0) is 21.1. The van der Waals surface area contributed by atoms with Gasteiger partial charge in [0, 0.05) is 18.2 Å². The van der Waals surface area contributed by atoms with E-state index in [0.29, 0.717) is 11.8 Å². The zero-order valence-corrected chi connectivity index (χ0v) is 16.9. The zero-order valence-electron chi connectivity index (χ0n) is 16.9. The number of methoxy groups -OCH3 is 1. The third kappa shape index (κ3) is 4.15. The summed E-state index contributed by atoms with van der Waals surface area (Å²) in [6.07, 6.45) is 5.64. The Balaban J connectivity index is 1.59. The number of hydrogen-bond donors (Lipinski definition) is 3. The van der Waals surface area contributed by atoms with E-state index in [0.717, 1.165) is 42.7 Å². The molecule has 0 spiro atoms. The molecule has 0 aliphatic heterocycles. The summed E-state index contributed by atoms with van der Waals surface area (Å²) in [4.78, 5) is 32.3. The van der Waals surface area contributed by atoms with Crippen molar-refractivity contribution < 1.29 is 14.6 Å².